The second-order valence-electron chi connectivity index (χ2n) is 3.79. The van der Waals surface area contributed by atoms with Gasteiger partial charge in [0.25, 0.3) is 5.91 Å². The minimum absolute atomic E-state index is 0.139. The Labute approximate surface area is 125 Å². The Bertz CT molecular complexity index is 590. The first-order valence-corrected chi connectivity index (χ1v) is 7.10. The van der Waals surface area contributed by atoms with Crippen LogP contribution in [0.25, 0.3) is 6.08 Å². The molecule has 1 fully saturated rings. The number of hydrogen-bond acceptors (Lipinski definition) is 4. The van der Waals surface area contributed by atoms with E-state index in [9.17, 15) is 4.79 Å². The summed E-state index contributed by atoms with van der Waals surface area (Å²) in [6.07, 6.45) is 2.06. The average molecular weight is 309 g/mol. The smallest absolute Gasteiger partial charge is 0.266 e. The number of halogens is 1. The van der Waals surface area contributed by atoms with Crippen molar-refractivity contribution in [2.75, 3.05) is 6.54 Å². The van der Waals surface area contributed by atoms with Crippen LogP contribution in [0.4, 0.5) is 0 Å². The third kappa shape index (κ3) is 3.35. The van der Waals surface area contributed by atoms with Crippen LogP contribution in [0.1, 0.15) is 12.0 Å². The van der Waals surface area contributed by atoms with Crippen LogP contribution in [0.2, 0.25) is 5.02 Å². The molecule has 0 aromatic heterocycles. The number of carbonyl (C=O) groups is 1. The highest BCUT2D eigenvalue weighted by Gasteiger charge is 2.31. The summed E-state index contributed by atoms with van der Waals surface area (Å²) < 4.78 is 0.500. The lowest BCUT2D eigenvalue weighted by molar-refractivity contribution is -0.122. The predicted octanol–water partition coefficient (Wildman–Crippen LogP) is 3.45. The number of nitriles is 1. The molecule has 1 aromatic carbocycles. The second-order valence-corrected chi connectivity index (χ2v) is 5.91. The maximum absolute atomic E-state index is 12.1. The van der Waals surface area contributed by atoms with E-state index in [4.69, 9.17) is 29.1 Å². The summed E-state index contributed by atoms with van der Waals surface area (Å²) in [7, 11) is 0. The van der Waals surface area contributed by atoms with E-state index in [1.54, 1.807) is 18.2 Å². The van der Waals surface area contributed by atoms with Crippen molar-refractivity contribution in [2.24, 2.45) is 0 Å². The van der Waals surface area contributed by atoms with Gasteiger partial charge in [-0.2, -0.15) is 5.26 Å². The highest BCUT2D eigenvalue weighted by molar-refractivity contribution is 8.26. The normalized spacial score (nSPS) is 17.1. The highest BCUT2D eigenvalue weighted by Crippen LogP contribution is 2.32. The number of thiocarbonyl (C=S) groups is 1. The Hall–Kier alpha value is -1.35. The fourth-order valence-electron chi connectivity index (χ4n) is 1.56. The van der Waals surface area contributed by atoms with Gasteiger partial charge in [0.1, 0.15) is 4.32 Å². The Morgan fingerprint density at radius 2 is 2.11 bits per heavy atom. The van der Waals surface area contributed by atoms with Crippen LogP contribution in [-0.4, -0.2) is 21.7 Å². The topological polar surface area (TPSA) is 44.1 Å². The molecule has 0 aliphatic carbocycles. The number of thioether (sulfide) groups is 1. The van der Waals surface area contributed by atoms with E-state index in [0.29, 0.717) is 20.8 Å². The quantitative estimate of drug-likeness (QED) is 0.633. The molecule has 1 aliphatic heterocycles. The minimum atomic E-state index is -0.139. The number of hydrogen-bond donors (Lipinski definition) is 0. The van der Waals surface area contributed by atoms with Gasteiger partial charge in [-0.1, -0.05) is 47.7 Å². The molecule has 0 saturated carbocycles. The molecule has 1 aliphatic rings. The molecule has 0 unspecified atom stereocenters. The predicted molar refractivity (Wildman–Crippen MR) is 81.6 cm³/mol. The van der Waals surface area contributed by atoms with E-state index >= 15 is 0 Å². The lowest BCUT2D eigenvalue weighted by atomic mass is 10.2. The lowest BCUT2D eigenvalue weighted by Crippen LogP contribution is -2.28. The molecule has 0 bridgehead atoms. The molecule has 0 radical (unpaired) electrons. The van der Waals surface area contributed by atoms with Crippen molar-refractivity contribution < 1.29 is 4.79 Å². The SMILES string of the molecule is N#CCCN1C(=O)/C(=C/c2ccc(Cl)cc2)SC1=S. The number of carbonyl (C=O) groups excluding carboxylic acids is 1. The van der Waals surface area contributed by atoms with Crippen molar-refractivity contribution in [3.63, 3.8) is 0 Å². The van der Waals surface area contributed by atoms with Gasteiger partial charge >= 0.3 is 0 Å². The van der Waals surface area contributed by atoms with Crippen LogP contribution in [0, 0.1) is 11.3 Å². The Morgan fingerprint density at radius 1 is 1.42 bits per heavy atom. The van der Waals surface area contributed by atoms with Crippen LogP contribution >= 0.6 is 35.6 Å². The van der Waals surface area contributed by atoms with Gasteiger partial charge < -0.3 is 0 Å². The molecule has 0 atom stereocenters. The molecule has 0 spiro atoms. The fraction of sp³-hybridized carbons (Fsp3) is 0.154. The molecular formula is C13H9ClN2OS2. The molecule has 6 heteroatoms. The van der Waals surface area contributed by atoms with Crippen molar-refractivity contribution >= 4 is 51.9 Å². The summed E-state index contributed by atoms with van der Waals surface area (Å²) in [5.41, 5.74) is 0.894. The van der Waals surface area contributed by atoms with E-state index in [1.807, 2.05) is 18.2 Å². The zero-order chi connectivity index (χ0) is 13.8. The van der Waals surface area contributed by atoms with E-state index in [0.717, 1.165) is 5.56 Å². The third-order valence-electron chi connectivity index (χ3n) is 2.49. The molecule has 2 rings (SSSR count). The average Bonchev–Trinajstić information content (AvgIpc) is 2.65. The number of rotatable bonds is 3. The monoisotopic (exact) mass is 308 g/mol. The Morgan fingerprint density at radius 3 is 2.74 bits per heavy atom. The minimum Gasteiger partial charge on any atom is -0.292 e. The van der Waals surface area contributed by atoms with Crippen LogP contribution in [0.15, 0.2) is 29.2 Å². The summed E-state index contributed by atoms with van der Waals surface area (Å²) in [5, 5.41) is 9.21. The van der Waals surface area contributed by atoms with E-state index in [1.165, 1.54) is 16.7 Å². The van der Waals surface area contributed by atoms with Gasteiger partial charge in [-0.25, -0.2) is 0 Å². The van der Waals surface area contributed by atoms with Gasteiger partial charge in [0.15, 0.2) is 0 Å². The van der Waals surface area contributed by atoms with Crippen molar-refractivity contribution in [3.05, 3.63) is 39.8 Å². The molecule has 1 heterocycles. The molecule has 1 amide bonds. The van der Waals surface area contributed by atoms with Crippen LogP contribution in [0.5, 0.6) is 0 Å². The number of nitrogens with zero attached hydrogens (tertiary/aromatic N) is 2. The van der Waals surface area contributed by atoms with Crippen LogP contribution in [-0.2, 0) is 4.79 Å². The largest absolute Gasteiger partial charge is 0.292 e. The van der Waals surface area contributed by atoms with E-state index < -0.39 is 0 Å². The van der Waals surface area contributed by atoms with Gasteiger partial charge in [-0.05, 0) is 23.8 Å². The summed E-state index contributed by atoms with van der Waals surface area (Å²) in [4.78, 5) is 14.1. The molecule has 1 aromatic rings. The highest BCUT2D eigenvalue weighted by atomic mass is 35.5. The molecule has 19 heavy (non-hydrogen) atoms. The van der Waals surface area contributed by atoms with Gasteiger partial charge in [0, 0.05) is 11.6 Å². The lowest BCUT2D eigenvalue weighted by Gasteiger charge is -2.11. The Balaban J connectivity index is 2.18. The molecular weight excluding hydrogens is 300 g/mol. The van der Waals surface area contributed by atoms with Gasteiger partial charge in [0.05, 0.1) is 17.4 Å². The summed E-state index contributed by atoms with van der Waals surface area (Å²) in [6.45, 7) is 0.346. The summed E-state index contributed by atoms with van der Waals surface area (Å²) in [6, 6.07) is 9.22. The van der Waals surface area contributed by atoms with Crippen LogP contribution < -0.4 is 0 Å². The second kappa shape index (κ2) is 6.20. The fourth-order valence-corrected chi connectivity index (χ4v) is 3.00. The van der Waals surface area contributed by atoms with Gasteiger partial charge in [-0.3, -0.25) is 9.69 Å². The van der Waals surface area contributed by atoms with E-state index in [2.05, 4.69) is 0 Å². The molecule has 96 valence electrons. The first-order valence-electron chi connectivity index (χ1n) is 5.49. The first-order chi connectivity index (χ1) is 9.11. The van der Waals surface area contributed by atoms with Crippen molar-refractivity contribution in [2.45, 2.75) is 6.42 Å². The zero-order valence-electron chi connectivity index (χ0n) is 9.80. The number of benzene rings is 1. The molecule has 0 N–H and O–H groups in total. The Kier molecular flexibility index (Phi) is 4.59. The summed E-state index contributed by atoms with van der Waals surface area (Å²) in [5.74, 6) is -0.139. The first kappa shape index (κ1) is 14.1. The number of amides is 1. The molecule has 1 saturated heterocycles. The maximum Gasteiger partial charge on any atom is 0.266 e. The maximum atomic E-state index is 12.1. The zero-order valence-corrected chi connectivity index (χ0v) is 12.2. The van der Waals surface area contributed by atoms with Gasteiger partial charge in [-0.15, -0.1) is 0 Å². The van der Waals surface area contributed by atoms with Crippen molar-refractivity contribution in [1.29, 1.82) is 5.26 Å². The molecule has 3 nitrogen and oxygen atoms in total. The van der Waals surface area contributed by atoms with Crippen molar-refractivity contribution in [3.8, 4) is 6.07 Å². The van der Waals surface area contributed by atoms with Gasteiger partial charge in [0.2, 0.25) is 0 Å². The van der Waals surface area contributed by atoms with Crippen molar-refractivity contribution in [1.82, 2.24) is 4.90 Å². The third-order valence-corrected chi connectivity index (χ3v) is 4.12. The standard InChI is InChI=1S/C13H9ClN2OS2/c14-10-4-2-9(3-5-10)8-11-12(17)16(7-1-6-15)13(18)19-11/h2-5,8H,1,7H2/b11-8-. The van der Waals surface area contributed by atoms with E-state index in [-0.39, 0.29) is 12.3 Å². The summed E-state index contributed by atoms with van der Waals surface area (Å²) >= 11 is 12.2. The van der Waals surface area contributed by atoms with Crippen LogP contribution in [0.3, 0.4) is 0 Å².